The largest absolute Gasteiger partial charge is 0.294 e. The second-order valence-electron chi connectivity index (χ2n) is 5.44. The fourth-order valence-corrected chi connectivity index (χ4v) is 3.20. The van der Waals surface area contributed by atoms with E-state index < -0.39 is 0 Å². The Hall–Kier alpha value is -1.97. The van der Waals surface area contributed by atoms with E-state index in [2.05, 4.69) is 63.1 Å². The molecule has 0 spiro atoms. The zero-order valence-electron chi connectivity index (χ0n) is 12.6. The SMILES string of the molecule is c1ccc(CCN(Cc2cccnc2)Cc2ccsc2)cc1. The first kappa shape index (κ1) is 14.9. The maximum atomic E-state index is 4.23. The molecule has 3 heteroatoms. The number of nitrogens with zero attached hydrogens (tertiary/aromatic N) is 2. The molecular formula is C19H20N2S. The fourth-order valence-electron chi connectivity index (χ4n) is 2.54. The molecule has 0 aliphatic carbocycles. The first-order valence-electron chi connectivity index (χ1n) is 7.56. The number of hydrogen-bond acceptors (Lipinski definition) is 3. The third-order valence-electron chi connectivity index (χ3n) is 3.67. The van der Waals surface area contributed by atoms with Crippen molar-refractivity contribution >= 4 is 11.3 Å². The number of hydrogen-bond donors (Lipinski definition) is 0. The molecule has 2 heterocycles. The Bertz CT molecular complexity index is 650. The van der Waals surface area contributed by atoms with Gasteiger partial charge in [-0.25, -0.2) is 0 Å². The van der Waals surface area contributed by atoms with E-state index in [1.807, 2.05) is 18.5 Å². The molecule has 1 aromatic carbocycles. The summed E-state index contributed by atoms with van der Waals surface area (Å²) in [6, 6.07) is 17.1. The van der Waals surface area contributed by atoms with Crippen LogP contribution in [-0.2, 0) is 19.5 Å². The van der Waals surface area contributed by atoms with Gasteiger partial charge in [-0.1, -0.05) is 36.4 Å². The van der Waals surface area contributed by atoms with Crippen LogP contribution in [0.4, 0.5) is 0 Å². The normalized spacial score (nSPS) is 11.0. The monoisotopic (exact) mass is 308 g/mol. The van der Waals surface area contributed by atoms with Crippen LogP contribution >= 0.6 is 11.3 Å². The zero-order valence-corrected chi connectivity index (χ0v) is 13.4. The first-order chi connectivity index (χ1) is 10.9. The van der Waals surface area contributed by atoms with Gasteiger partial charge in [0.05, 0.1) is 0 Å². The van der Waals surface area contributed by atoms with Crippen molar-refractivity contribution in [1.82, 2.24) is 9.88 Å². The van der Waals surface area contributed by atoms with Gasteiger partial charge in [-0.15, -0.1) is 0 Å². The van der Waals surface area contributed by atoms with E-state index in [0.717, 1.165) is 26.1 Å². The first-order valence-corrected chi connectivity index (χ1v) is 8.51. The lowest BCUT2D eigenvalue weighted by atomic mass is 10.1. The van der Waals surface area contributed by atoms with Crippen molar-refractivity contribution in [3.8, 4) is 0 Å². The molecule has 0 bridgehead atoms. The van der Waals surface area contributed by atoms with Crippen molar-refractivity contribution in [2.24, 2.45) is 0 Å². The molecule has 0 radical (unpaired) electrons. The van der Waals surface area contributed by atoms with E-state index in [4.69, 9.17) is 0 Å². The van der Waals surface area contributed by atoms with Gasteiger partial charge in [-0.2, -0.15) is 11.3 Å². The van der Waals surface area contributed by atoms with Gasteiger partial charge < -0.3 is 0 Å². The van der Waals surface area contributed by atoms with Gasteiger partial charge in [0.25, 0.3) is 0 Å². The summed E-state index contributed by atoms with van der Waals surface area (Å²) < 4.78 is 0. The minimum atomic E-state index is 0.941. The van der Waals surface area contributed by atoms with Crippen LogP contribution in [0, 0.1) is 0 Å². The van der Waals surface area contributed by atoms with Gasteiger partial charge in [0.2, 0.25) is 0 Å². The molecule has 0 saturated heterocycles. The van der Waals surface area contributed by atoms with Crippen molar-refractivity contribution in [1.29, 1.82) is 0 Å². The summed E-state index contributed by atoms with van der Waals surface area (Å²) in [6.07, 6.45) is 4.87. The Morgan fingerprint density at radius 3 is 2.41 bits per heavy atom. The standard InChI is InChI=1S/C19H20N2S/c1-2-5-17(6-3-1)8-11-21(15-19-9-12-22-16-19)14-18-7-4-10-20-13-18/h1-7,9-10,12-13,16H,8,11,14-15H2. The van der Waals surface area contributed by atoms with Crippen LogP contribution in [0.25, 0.3) is 0 Å². The third-order valence-corrected chi connectivity index (χ3v) is 4.41. The lowest BCUT2D eigenvalue weighted by molar-refractivity contribution is 0.260. The molecule has 0 atom stereocenters. The van der Waals surface area contributed by atoms with Crippen molar-refractivity contribution in [3.63, 3.8) is 0 Å². The van der Waals surface area contributed by atoms with Crippen LogP contribution < -0.4 is 0 Å². The van der Waals surface area contributed by atoms with E-state index in [0.29, 0.717) is 0 Å². The minimum absolute atomic E-state index is 0.941. The van der Waals surface area contributed by atoms with Gasteiger partial charge in [0, 0.05) is 32.0 Å². The maximum Gasteiger partial charge on any atom is 0.0312 e. The second-order valence-corrected chi connectivity index (χ2v) is 6.22. The fraction of sp³-hybridized carbons (Fsp3) is 0.211. The van der Waals surface area contributed by atoms with E-state index in [1.54, 1.807) is 11.3 Å². The molecule has 0 N–H and O–H groups in total. The summed E-state index contributed by atoms with van der Waals surface area (Å²) in [7, 11) is 0. The third kappa shape index (κ3) is 4.52. The highest BCUT2D eigenvalue weighted by Gasteiger charge is 2.08. The van der Waals surface area contributed by atoms with Gasteiger partial charge in [-0.3, -0.25) is 9.88 Å². The Labute approximate surface area is 136 Å². The molecule has 0 fully saturated rings. The Morgan fingerprint density at radius 1 is 0.864 bits per heavy atom. The second kappa shape index (κ2) is 7.87. The average Bonchev–Trinajstić information content (AvgIpc) is 3.08. The topological polar surface area (TPSA) is 16.1 Å². The highest BCUT2D eigenvalue weighted by Crippen LogP contribution is 2.13. The number of rotatable bonds is 7. The molecule has 3 rings (SSSR count). The molecule has 3 aromatic rings. The van der Waals surface area contributed by atoms with Crippen LogP contribution in [0.3, 0.4) is 0 Å². The zero-order chi connectivity index (χ0) is 15.0. The molecule has 0 aliphatic rings. The predicted octanol–water partition coefficient (Wildman–Crippen LogP) is 4.39. The lowest BCUT2D eigenvalue weighted by Gasteiger charge is -2.22. The highest BCUT2D eigenvalue weighted by atomic mass is 32.1. The van der Waals surface area contributed by atoms with Crippen LogP contribution in [0.5, 0.6) is 0 Å². The van der Waals surface area contributed by atoms with E-state index >= 15 is 0 Å². The maximum absolute atomic E-state index is 4.23. The summed E-state index contributed by atoms with van der Waals surface area (Å²) in [4.78, 5) is 6.72. The summed E-state index contributed by atoms with van der Waals surface area (Å²) in [5.74, 6) is 0. The van der Waals surface area contributed by atoms with Crippen LogP contribution in [-0.4, -0.2) is 16.4 Å². The summed E-state index contributed by atoms with van der Waals surface area (Å²) in [6.45, 7) is 2.98. The highest BCUT2D eigenvalue weighted by molar-refractivity contribution is 7.07. The number of pyridine rings is 1. The summed E-state index contributed by atoms with van der Waals surface area (Å²) in [5.41, 5.74) is 4.05. The molecule has 2 aromatic heterocycles. The Kier molecular flexibility index (Phi) is 5.35. The van der Waals surface area contributed by atoms with Gasteiger partial charge in [-0.05, 0) is 46.0 Å². The molecule has 0 saturated carbocycles. The number of thiophene rings is 1. The van der Waals surface area contributed by atoms with Crippen LogP contribution in [0.15, 0.2) is 71.7 Å². The van der Waals surface area contributed by atoms with E-state index in [1.165, 1.54) is 16.7 Å². The molecule has 0 amide bonds. The smallest absolute Gasteiger partial charge is 0.0312 e. The van der Waals surface area contributed by atoms with Gasteiger partial charge in [0.15, 0.2) is 0 Å². The molecular weight excluding hydrogens is 288 g/mol. The Balaban J connectivity index is 1.65. The van der Waals surface area contributed by atoms with E-state index in [9.17, 15) is 0 Å². The lowest BCUT2D eigenvalue weighted by Crippen LogP contribution is -2.25. The number of aromatic nitrogens is 1. The summed E-state index contributed by atoms with van der Waals surface area (Å²) in [5, 5.41) is 4.38. The van der Waals surface area contributed by atoms with Crippen molar-refractivity contribution in [2.75, 3.05) is 6.54 Å². The quantitative estimate of drug-likeness (QED) is 0.643. The van der Waals surface area contributed by atoms with Gasteiger partial charge >= 0.3 is 0 Å². The van der Waals surface area contributed by atoms with Crippen molar-refractivity contribution < 1.29 is 0 Å². The van der Waals surface area contributed by atoms with Crippen LogP contribution in [0.1, 0.15) is 16.7 Å². The van der Waals surface area contributed by atoms with E-state index in [-0.39, 0.29) is 0 Å². The minimum Gasteiger partial charge on any atom is -0.294 e. The summed E-state index contributed by atoms with van der Waals surface area (Å²) >= 11 is 1.76. The van der Waals surface area contributed by atoms with Crippen LogP contribution in [0.2, 0.25) is 0 Å². The Morgan fingerprint density at radius 2 is 1.68 bits per heavy atom. The molecule has 0 unspecified atom stereocenters. The molecule has 22 heavy (non-hydrogen) atoms. The van der Waals surface area contributed by atoms with Crippen molar-refractivity contribution in [2.45, 2.75) is 19.5 Å². The molecule has 2 nitrogen and oxygen atoms in total. The predicted molar refractivity (Wildman–Crippen MR) is 92.8 cm³/mol. The number of benzene rings is 1. The van der Waals surface area contributed by atoms with Gasteiger partial charge in [0.1, 0.15) is 0 Å². The average molecular weight is 308 g/mol. The molecule has 0 aliphatic heterocycles. The molecule has 112 valence electrons. The van der Waals surface area contributed by atoms with Crippen molar-refractivity contribution in [3.05, 3.63) is 88.4 Å².